The quantitative estimate of drug-likeness (QED) is 0.850. The Balaban J connectivity index is 1.44. The van der Waals surface area contributed by atoms with Gasteiger partial charge in [0.25, 0.3) is 0 Å². The number of fused-ring (bicyclic) bond motifs is 1. The molecule has 1 aliphatic rings. The summed E-state index contributed by atoms with van der Waals surface area (Å²) in [6, 6.07) is 8.48. The van der Waals surface area contributed by atoms with Gasteiger partial charge in [-0.1, -0.05) is 25.1 Å². The Labute approximate surface area is 142 Å². The molecule has 2 heterocycles. The summed E-state index contributed by atoms with van der Waals surface area (Å²) in [6.07, 6.45) is 4.05. The highest BCUT2D eigenvalue weighted by atomic mass is 32.1. The maximum Gasteiger partial charge on any atom is 0.220 e. The van der Waals surface area contributed by atoms with Gasteiger partial charge >= 0.3 is 0 Å². The molecule has 1 fully saturated rings. The molecule has 0 spiro atoms. The zero-order valence-corrected chi connectivity index (χ0v) is 14.6. The van der Waals surface area contributed by atoms with Crippen molar-refractivity contribution in [2.45, 2.75) is 32.6 Å². The first kappa shape index (κ1) is 16.5. The monoisotopic (exact) mass is 330 g/mol. The smallest absolute Gasteiger partial charge is 0.220 e. The van der Waals surface area contributed by atoms with Crippen molar-refractivity contribution in [3.8, 4) is 0 Å². The standard InChI is InChI=1S/C19H26N2OS/c1-14(15-5-4-9-20-12-15)11-19(22)21-10-8-16-13-23-18-7-3-2-6-17(16)18/h2-3,6-7,13-15,20H,4-5,8-12H2,1H3,(H,21,22). The number of rotatable bonds is 6. The number of amides is 1. The molecule has 0 bridgehead atoms. The minimum Gasteiger partial charge on any atom is -0.356 e. The number of hydrogen-bond acceptors (Lipinski definition) is 3. The second-order valence-electron chi connectivity index (χ2n) is 6.64. The molecule has 4 heteroatoms. The second-order valence-corrected chi connectivity index (χ2v) is 7.56. The molecule has 3 rings (SSSR count). The highest BCUT2D eigenvalue weighted by Gasteiger charge is 2.21. The average Bonchev–Trinajstić information content (AvgIpc) is 2.99. The molecule has 2 N–H and O–H groups in total. The predicted molar refractivity (Wildman–Crippen MR) is 97.9 cm³/mol. The van der Waals surface area contributed by atoms with E-state index in [1.807, 2.05) is 0 Å². The molecule has 1 amide bonds. The first-order valence-electron chi connectivity index (χ1n) is 8.66. The topological polar surface area (TPSA) is 41.1 Å². The molecule has 3 nitrogen and oxygen atoms in total. The van der Waals surface area contributed by atoms with Gasteiger partial charge in [0.05, 0.1) is 0 Å². The van der Waals surface area contributed by atoms with Crippen LogP contribution < -0.4 is 10.6 Å². The summed E-state index contributed by atoms with van der Waals surface area (Å²) in [4.78, 5) is 12.2. The van der Waals surface area contributed by atoms with Crippen LogP contribution >= 0.6 is 11.3 Å². The highest BCUT2D eigenvalue weighted by Crippen LogP contribution is 2.26. The zero-order valence-electron chi connectivity index (χ0n) is 13.8. The fourth-order valence-corrected chi connectivity index (χ4v) is 4.46. The van der Waals surface area contributed by atoms with Gasteiger partial charge in [-0.2, -0.15) is 0 Å². The molecule has 0 aliphatic carbocycles. The summed E-state index contributed by atoms with van der Waals surface area (Å²) in [5.41, 5.74) is 1.34. The third kappa shape index (κ3) is 4.33. The van der Waals surface area contributed by atoms with Gasteiger partial charge < -0.3 is 10.6 Å². The van der Waals surface area contributed by atoms with Crippen LogP contribution in [-0.2, 0) is 11.2 Å². The number of thiophene rings is 1. The predicted octanol–water partition coefficient (Wildman–Crippen LogP) is 3.59. The maximum atomic E-state index is 12.2. The van der Waals surface area contributed by atoms with E-state index in [0.717, 1.165) is 26.1 Å². The Morgan fingerprint density at radius 3 is 3.13 bits per heavy atom. The van der Waals surface area contributed by atoms with Gasteiger partial charge in [-0.15, -0.1) is 11.3 Å². The van der Waals surface area contributed by atoms with Crippen molar-refractivity contribution in [2.24, 2.45) is 11.8 Å². The molecule has 2 aromatic rings. The van der Waals surface area contributed by atoms with E-state index in [1.54, 1.807) is 11.3 Å². The SMILES string of the molecule is CC(CC(=O)NCCc1csc2ccccc12)C1CCCNC1. The first-order valence-corrected chi connectivity index (χ1v) is 9.54. The summed E-state index contributed by atoms with van der Waals surface area (Å²) in [5.74, 6) is 1.31. The van der Waals surface area contributed by atoms with E-state index in [9.17, 15) is 4.79 Å². The zero-order chi connectivity index (χ0) is 16.1. The lowest BCUT2D eigenvalue weighted by molar-refractivity contribution is -0.122. The van der Waals surface area contributed by atoms with Crippen molar-refractivity contribution in [1.29, 1.82) is 0 Å². The molecular weight excluding hydrogens is 304 g/mol. The van der Waals surface area contributed by atoms with Crippen LogP contribution in [0, 0.1) is 11.8 Å². The van der Waals surface area contributed by atoms with E-state index >= 15 is 0 Å². The molecule has 2 atom stereocenters. The van der Waals surface area contributed by atoms with Crippen LogP contribution in [0.25, 0.3) is 10.1 Å². The van der Waals surface area contributed by atoms with Crippen LogP contribution in [0.1, 0.15) is 31.7 Å². The van der Waals surface area contributed by atoms with Crippen LogP contribution in [-0.4, -0.2) is 25.5 Å². The molecule has 124 valence electrons. The van der Waals surface area contributed by atoms with Gasteiger partial charge in [-0.05, 0) is 66.6 Å². The van der Waals surface area contributed by atoms with Crippen LogP contribution in [0.4, 0.5) is 0 Å². The van der Waals surface area contributed by atoms with Crippen LogP contribution in [0.15, 0.2) is 29.6 Å². The summed E-state index contributed by atoms with van der Waals surface area (Å²) in [7, 11) is 0. The van der Waals surface area contributed by atoms with Crippen molar-refractivity contribution in [3.05, 3.63) is 35.2 Å². The van der Waals surface area contributed by atoms with Gasteiger partial charge in [0.15, 0.2) is 0 Å². The lowest BCUT2D eigenvalue weighted by Crippen LogP contribution is -2.36. The number of piperidine rings is 1. The van der Waals surface area contributed by atoms with Gasteiger partial charge in [-0.3, -0.25) is 4.79 Å². The molecule has 1 saturated heterocycles. The van der Waals surface area contributed by atoms with E-state index in [-0.39, 0.29) is 5.91 Å². The summed E-state index contributed by atoms with van der Waals surface area (Å²) in [6.45, 7) is 5.14. The lowest BCUT2D eigenvalue weighted by Gasteiger charge is -2.28. The van der Waals surface area contributed by atoms with E-state index in [1.165, 1.54) is 28.5 Å². The molecule has 0 radical (unpaired) electrons. The molecular formula is C19H26N2OS. The highest BCUT2D eigenvalue weighted by molar-refractivity contribution is 7.17. The van der Waals surface area contributed by atoms with Crippen molar-refractivity contribution < 1.29 is 4.79 Å². The Morgan fingerprint density at radius 2 is 2.30 bits per heavy atom. The minimum atomic E-state index is 0.197. The first-order chi connectivity index (χ1) is 11.2. The number of nitrogens with one attached hydrogen (secondary N) is 2. The van der Waals surface area contributed by atoms with Crippen molar-refractivity contribution in [2.75, 3.05) is 19.6 Å². The number of benzene rings is 1. The van der Waals surface area contributed by atoms with Gasteiger partial charge in [0.1, 0.15) is 0 Å². The number of carbonyl (C=O) groups excluding carboxylic acids is 1. The Kier molecular flexibility index (Phi) is 5.68. The molecule has 2 unspecified atom stereocenters. The molecule has 1 aromatic heterocycles. The van der Waals surface area contributed by atoms with Crippen molar-refractivity contribution in [1.82, 2.24) is 10.6 Å². The number of hydrogen-bond donors (Lipinski definition) is 2. The van der Waals surface area contributed by atoms with Crippen molar-refractivity contribution in [3.63, 3.8) is 0 Å². The fourth-order valence-electron chi connectivity index (χ4n) is 3.46. The second kappa shape index (κ2) is 7.93. The Bertz CT molecular complexity index is 646. The molecule has 0 saturated carbocycles. The average molecular weight is 330 g/mol. The maximum absolute atomic E-state index is 12.2. The summed E-state index contributed by atoms with van der Waals surface area (Å²) in [5, 5.41) is 10.1. The van der Waals surface area contributed by atoms with E-state index in [4.69, 9.17) is 0 Å². The van der Waals surface area contributed by atoms with Crippen LogP contribution in [0.3, 0.4) is 0 Å². The fraction of sp³-hybridized carbons (Fsp3) is 0.526. The Hall–Kier alpha value is -1.39. The normalized spacial score (nSPS) is 19.6. The van der Waals surface area contributed by atoms with E-state index in [0.29, 0.717) is 18.3 Å². The molecule has 23 heavy (non-hydrogen) atoms. The van der Waals surface area contributed by atoms with Crippen molar-refractivity contribution >= 4 is 27.3 Å². The van der Waals surface area contributed by atoms with Crippen LogP contribution in [0.5, 0.6) is 0 Å². The lowest BCUT2D eigenvalue weighted by atomic mass is 9.85. The third-order valence-electron chi connectivity index (χ3n) is 4.92. The van der Waals surface area contributed by atoms with Gasteiger partial charge in [0, 0.05) is 17.7 Å². The van der Waals surface area contributed by atoms with Gasteiger partial charge in [-0.25, -0.2) is 0 Å². The van der Waals surface area contributed by atoms with Gasteiger partial charge in [0.2, 0.25) is 5.91 Å². The van der Waals surface area contributed by atoms with E-state index in [2.05, 4.69) is 47.2 Å². The van der Waals surface area contributed by atoms with E-state index < -0.39 is 0 Å². The molecule has 1 aromatic carbocycles. The molecule has 1 aliphatic heterocycles. The van der Waals surface area contributed by atoms with Crippen LogP contribution in [0.2, 0.25) is 0 Å². The Morgan fingerprint density at radius 1 is 1.43 bits per heavy atom. The summed E-state index contributed by atoms with van der Waals surface area (Å²) < 4.78 is 1.33. The largest absolute Gasteiger partial charge is 0.356 e. The number of carbonyl (C=O) groups is 1. The summed E-state index contributed by atoms with van der Waals surface area (Å²) >= 11 is 1.78. The third-order valence-corrected chi connectivity index (χ3v) is 5.94. The minimum absolute atomic E-state index is 0.197.